The Morgan fingerprint density at radius 3 is 2.60 bits per heavy atom. The minimum Gasteiger partial charge on any atom is -0.391 e. The summed E-state index contributed by atoms with van der Waals surface area (Å²) in [6, 6.07) is 2.11. The van der Waals surface area contributed by atoms with Crippen molar-refractivity contribution in [3.05, 3.63) is 22.4 Å². The molecule has 1 saturated heterocycles. The molecule has 1 saturated carbocycles. The first kappa shape index (κ1) is 14.1. The zero-order valence-corrected chi connectivity index (χ0v) is 13.0. The fourth-order valence-electron chi connectivity index (χ4n) is 3.27. The van der Waals surface area contributed by atoms with Crippen LogP contribution < -0.4 is 0 Å². The van der Waals surface area contributed by atoms with Crippen molar-refractivity contribution >= 4 is 21.8 Å². The lowest BCUT2D eigenvalue weighted by atomic mass is 10.1. The van der Waals surface area contributed by atoms with Crippen LogP contribution in [0.15, 0.2) is 16.7 Å². The topological polar surface area (TPSA) is 59.6 Å². The third-order valence-corrected chi connectivity index (χ3v) is 4.85. The molecule has 5 nitrogen and oxygen atoms in total. The molecular formula is C14H20BrN3O2. The largest absolute Gasteiger partial charge is 0.391 e. The van der Waals surface area contributed by atoms with Crippen LogP contribution in [0.3, 0.4) is 0 Å². The van der Waals surface area contributed by atoms with Gasteiger partial charge in [-0.05, 0) is 41.3 Å². The third kappa shape index (κ3) is 2.77. The first-order chi connectivity index (χ1) is 9.65. The molecule has 2 fully saturated rings. The molecule has 0 unspecified atom stereocenters. The Balaban J connectivity index is 1.57. The van der Waals surface area contributed by atoms with E-state index in [0.717, 1.165) is 49.9 Å². The molecule has 3 rings (SSSR count). The Bertz CT molecular complexity index is 483. The van der Waals surface area contributed by atoms with E-state index >= 15 is 0 Å². The molecule has 2 atom stereocenters. The average molecular weight is 342 g/mol. The summed E-state index contributed by atoms with van der Waals surface area (Å²) in [5, 5.41) is 9.96. The molecule has 6 heteroatoms. The normalized spacial score (nSPS) is 28.0. The number of amides is 1. The van der Waals surface area contributed by atoms with E-state index in [4.69, 9.17) is 0 Å². The number of hydrogen-bond donors (Lipinski definition) is 2. The number of carbonyl (C=O) groups excluding carboxylic acids is 1. The van der Waals surface area contributed by atoms with Gasteiger partial charge in [0.2, 0.25) is 0 Å². The lowest BCUT2D eigenvalue weighted by Crippen LogP contribution is -2.53. The van der Waals surface area contributed by atoms with Crippen molar-refractivity contribution in [3.63, 3.8) is 0 Å². The highest BCUT2D eigenvalue weighted by Gasteiger charge is 2.33. The Hall–Kier alpha value is -0.850. The summed E-state index contributed by atoms with van der Waals surface area (Å²) >= 11 is 3.35. The smallest absolute Gasteiger partial charge is 0.270 e. The van der Waals surface area contributed by atoms with E-state index in [9.17, 15) is 9.90 Å². The summed E-state index contributed by atoms with van der Waals surface area (Å²) in [6.45, 7) is 3.18. The number of aliphatic hydroxyl groups excluding tert-OH is 1. The predicted octanol–water partition coefficient (Wildman–Crippen LogP) is 1.45. The molecule has 0 bridgehead atoms. The SMILES string of the molecule is O=C(c1cc(Br)c[nH]1)N1CCN([C@H]2CCC[C@@H]2O)CC1. The molecule has 1 aliphatic carbocycles. The van der Waals surface area contributed by atoms with Crippen molar-refractivity contribution in [2.45, 2.75) is 31.4 Å². The minimum atomic E-state index is -0.184. The highest BCUT2D eigenvalue weighted by atomic mass is 79.9. The second kappa shape index (κ2) is 5.87. The first-order valence-electron chi connectivity index (χ1n) is 7.20. The highest BCUT2D eigenvalue weighted by Crippen LogP contribution is 2.25. The fraction of sp³-hybridized carbons (Fsp3) is 0.643. The molecule has 110 valence electrons. The van der Waals surface area contributed by atoms with Gasteiger partial charge in [-0.15, -0.1) is 0 Å². The van der Waals surface area contributed by atoms with E-state index < -0.39 is 0 Å². The van der Waals surface area contributed by atoms with Gasteiger partial charge in [0.05, 0.1) is 6.10 Å². The van der Waals surface area contributed by atoms with Crippen LogP contribution >= 0.6 is 15.9 Å². The molecule has 2 heterocycles. The number of aromatic amines is 1. The second-order valence-corrected chi connectivity index (χ2v) is 6.54. The second-order valence-electron chi connectivity index (χ2n) is 5.63. The molecule has 1 aliphatic heterocycles. The molecule has 0 spiro atoms. The number of aliphatic hydroxyl groups is 1. The van der Waals surface area contributed by atoms with E-state index in [1.807, 2.05) is 11.0 Å². The van der Waals surface area contributed by atoms with Gasteiger partial charge in [-0.1, -0.05) is 0 Å². The van der Waals surface area contributed by atoms with Crippen molar-refractivity contribution in [2.75, 3.05) is 26.2 Å². The number of hydrogen-bond acceptors (Lipinski definition) is 3. The summed E-state index contributed by atoms with van der Waals surface area (Å²) in [5.74, 6) is 0.0577. The number of halogens is 1. The van der Waals surface area contributed by atoms with E-state index in [-0.39, 0.29) is 12.0 Å². The number of rotatable bonds is 2. The summed E-state index contributed by atoms with van der Waals surface area (Å²) < 4.78 is 0.897. The van der Waals surface area contributed by atoms with Gasteiger partial charge in [-0.2, -0.15) is 0 Å². The molecule has 20 heavy (non-hydrogen) atoms. The van der Waals surface area contributed by atoms with E-state index in [2.05, 4.69) is 25.8 Å². The van der Waals surface area contributed by atoms with Crippen molar-refractivity contribution in [3.8, 4) is 0 Å². The summed E-state index contributed by atoms with van der Waals surface area (Å²) in [6.07, 6.45) is 4.70. The third-order valence-electron chi connectivity index (χ3n) is 4.39. The maximum atomic E-state index is 12.3. The predicted molar refractivity (Wildman–Crippen MR) is 79.6 cm³/mol. The Kier molecular flexibility index (Phi) is 4.14. The van der Waals surface area contributed by atoms with Gasteiger partial charge >= 0.3 is 0 Å². The lowest BCUT2D eigenvalue weighted by Gasteiger charge is -2.38. The van der Waals surface area contributed by atoms with Gasteiger partial charge in [0.1, 0.15) is 5.69 Å². The molecule has 0 aromatic carbocycles. The quantitative estimate of drug-likeness (QED) is 0.855. The monoisotopic (exact) mass is 341 g/mol. The van der Waals surface area contributed by atoms with Gasteiger partial charge in [0, 0.05) is 42.9 Å². The number of aromatic nitrogens is 1. The van der Waals surface area contributed by atoms with Gasteiger partial charge in [-0.25, -0.2) is 0 Å². The lowest BCUT2D eigenvalue weighted by molar-refractivity contribution is 0.0313. The standard InChI is InChI=1S/C14H20BrN3O2/c15-10-8-11(16-9-10)14(20)18-6-4-17(5-7-18)12-2-1-3-13(12)19/h8-9,12-13,16,19H,1-7H2/t12-,13-/m0/s1. The van der Waals surface area contributed by atoms with Crippen LogP contribution in [0.1, 0.15) is 29.8 Å². The first-order valence-corrected chi connectivity index (χ1v) is 8.00. The molecule has 1 amide bonds. The molecular weight excluding hydrogens is 322 g/mol. The van der Waals surface area contributed by atoms with Crippen LogP contribution in [0, 0.1) is 0 Å². The van der Waals surface area contributed by atoms with Crippen molar-refractivity contribution < 1.29 is 9.90 Å². The molecule has 2 N–H and O–H groups in total. The van der Waals surface area contributed by atoms with E-state index in [1.54, 1.807) is 6.20 Å². The Labute approximate surface area is 127 Å². The fourth-order valence-corrected chi connectivity index (χ4v) is 3.61. The minimum absolute atomic E-state index is 0.0577. The average Bonchev–Trinajstić information content (AvgIpc) is 3.07. The highest BCUT2D eigenvalue weighted by molar-refractivity contribution is 9.10. The van der Waals surface area contributed by atoms with E-state index in [0.29, 0.717) is 11.7 Å². The zero-order chi connectivity index (χ0) is 14.1. The number of H-pyrrole nitrogens is 1. The van der Waals surface area contributed by atoms with Crippen LogP contribution in [0.2, 0.25) is 0 Å². The van der Waals surface area contributed by atoms with E-state index in [1.165, 1.54) is 0 Å². The maximum absolute atomic E-state index is 12.3. The van der Waals surface area contributed by atoms with Crippen molar-refractivity contribution in [1.82, 2.24) is 14.8 Å². The van der Waals surface area contributed by atoms with Crippen LogP contribution in [-0.2, 0) is 0 Å². The van der Waals surface area contributed by atoms with Gasteiger partial charge in [-0.3, -0.25) is 9.69 Å². The number of nitrogens with zero attached hydrogens (tertiary/aromatic N) is 2. The zero-order valence-electron chi connectivity index (χ0n) is 11.4. The van der Waals surface area contributed by atoms with Crippen molar-refractivity contribution in [2.24, 2.45) is 0 Å². The molecule has 1 aromatic heterocycles. The van der Waals surface area contributed by atoms with Gasteiger partial charge in [0.15, 0.2) is 0 Å². The summed E-state index contributed by atoms with van der Waals surface area (Å²) in [4.78, 5) is 19.5. The van der Waals surface area contributed by atoms with Crippen LogP contribution in [0.25, 0.3) is 0 Å². The van der Waals surface area contributed by atoms with Crippen molar-refractivity contribution in [1.29, 1.82) is 0 Å². The van der Waals surface area contributed by atoms with Crippen LogP contribution in [-0.4, -0.2) is 64.1 Å². The number of piperazine rings is 1. The summed E-state index contributed by atoms with van der Waals surface area (Å²) in [7, 11) is 0. The Morgan fingerprint density at radius 1 is 1.30 bits per heavy atom. The van der Waals surface area contributed by atoms with Gasteiger partial charge in [0.25, 0.3) is 5.91 Å². The summed E-state index contributed by atoms with van der Waals surface area (Å²) in [5.41, 5.74) is 0.631. The molecule has 0 radical (unpaired) electrons. The maximum Gasteiger partial charge on any atom is 0.270 e. The molecule has 1 aromatic rings. The van der Waals surface area contributed by atoms with Crippen LogP contribution in [0.4, 0.5) is 0 Å². The number of carbonyl (C=O) groups is 1. The number of nitrogens with one attached hydrogen (secondary N) is 1. The van der Waals surface area contributed by atoms with Crippen LogP contribution in [0.5, 0.6) is 0 Å². The van der Waals surface area contributed by atoms with Gasteiger partial charge < -0.3 is 15.0 Å². The Morgan fingerprint density at radius 2 is 2.05 bits per heavy atom. The molecule has 2 aliphatic rings.